The number of nitrogens with one attached hydrogen (secondary N) is 1. The zero-order valence-electron chi connectivity index (χ0n) is 17.2. The Balaban J connectivity index is 1.77. The van der Waals surface area contributed by atoms with Crippen LogP contribution in [0.5, 0.6) is 0 Å². The SMILES string of the molecule is CCc1cc(-c2cc(F)c(NS(=O)(=O)c3ccccc3Cl)nc2C)cc2cnc(N)nc12. The van der Waals surface area contributed by atoms with Crippen molar-refractivity contribution < 1.29 is 12.8 Å². The van der Waals surface area contributed by atoms with Crippen molar-refractivity contribution in [3.05, 3.63) is 70.8 Å². The number of anilines is 2. The minimum Gasteiger partial charge on any atom is -0.368 e. The molecule has 0 aliphatic heterocycles. The molecular formula is C22H19ClFN5O2S. The van der Waals surface area contributed by atoms with Crippen LogP contribution >= 0.6 is 11.6 Å². The summed E-state index contributed by atoms with van der Waals surface area (Å²) >= 11 is 5.99. The van der Waals surface area contributed by atoms with Gasteiger partial charge in [0.1, 0.15) is 4.90 Å². The first-order valence-electron chi connectivity index (χ1n) is 9.69. The number of nitrogen functional groups attached to an aromatic ring is 1. The number of pyridine rings is 1. The maximum absolute atomic E-state index is 14.9. The van der Waals surface area contributed by atoms with Crippen LogP contribution in [0.2, 0.25) is 5.02 Å². The van der Waals surface area contributed by atoms with Gasteiger partial charge in [-0.15, -0.1) is 0 Å². The number of sulfonamides is 1. The first-order chi connectivity index (χ1) is 15.2. The van der Waals surface area contributed by atoms with E-state index in [0.29, 0.717) is 23.2 Å². The Bertz CT molecular complexity index is 1460. The molecule has 0 fully saturated rings. The Kier molecular flexibility index (Phi) is 5.70. The van der Waals surface area contributed by atoms with Crippen LogP contribution in [0.4, 0.5) is 16.2 Å². The van der Waals surface area contributed by atoms with Crippen molar-refractivity contribution in [1.82, 2.24) is 15.0 Å². The number of halogens is 2. The molecule has 4 aromatic rings. The van der Waals surface area contributed by atoms with E-state index in [2.05, 4.69) is 19.7 Å². The van der Waals surface area contributed by atoms with E-state index in [0.717, 1.165) is 16.5 Å². The zero-order chi connectivity index (χ0) is 23.0. The second-order valence-corrected chi connectivity index (χ2v) is 9.20. The highest BCUT2D eigenvalue weighted by atomic mass is 35.5. The van der Waals surface area contributed by atoms with Crippen molar-refractivity contribution in [2.24, 2.45) is 0 Å². The minimum absolute atomic E-state index is 0.0277. The molecule has 0 aliphatic rings. The number of fused-ring (bicyclic) bond motifs is 1. The summed E-state index contributed by atoms with van der Waals surface area (Å²) in [6.07, 6.45) is 2.30. The third-order valence-electron chi connectivity index (χ3n) is 5.00. The maximum atomic E-state index is 14.9. The van der Waals surface area contributed by atoms with Crippen molar-refractivity contribution in [3.8, 4) is 11.1 Å². The number of hydrogen-bond acceptors (Lipinski definition) is 6. The molecule has 4 rings (SSSR count). The van der Waals surface area contributed by atoms with Crippen LogP contribution in [0.3, 0.4) is 0 Å². The number of aromatic nitrogens is 3. The van der Waals surface area contributed by atoms with Gasteiger partial charge in [-0.05, 0) is 54.8 Å². The van der Waals surface area contributed by atoms with Gasteiger partial charge < -0.3 is 5.73 Å². The molecule has 0 atom stereocenters. The second-order valence-electron chi connectivity index (χ2n) is 7.14. The van der Waals surface area contributed by atoms with Gasteiger partial charge in [0, 0.05) is 22.8 Å². The molecule has 0 bridgehead atoms. The summed E-state index contributed by atoms with van der Waals surface area (Å²) in [7, 11) is -4.12. The molecular weight excluding hydrogens is 453 g/mol. The molecule has 0 saturated carbocycles. The molecule has 32 heavy (non-hydrogen) atoms. The lowest BCUT2D eigenvalue weighted by molar-refractivity contribution is 0.597. The summed E-state index contributed by atoms with van der Waals surface area (Å²) < 4.78 is 42.5. The summed E-state index contributed by atoms with van der Waals surface area (Å²) in [5, 5.41) is 0.789. The highest BCUT2D eigenvalue weighted by molar-refractivity contribution is 7.92. The largest absolute Gasteiger partial charge is 0.368 e. The van der Waals surface area contributed by atoms with E-state index in [4.69, 9.17) is 17.3 Å². The van der Waals surface area contributed by atoms with Gasteiger partial charge in [0.05, 0.1) is 10.5 Å². The monoisotopic (exact) mass is 471 g/mol. The Morgan fingerprint density at radius 1 is 1.16 bits per heavy atom. The molecule has 0 spiro atoms. The van der Waals surface area contributed by atoms with Crippen molar-refractivity contribution >= 4 is 44.3 Å². The fourth-order valence-electron chi connectivity index (χ4n) is 3.45. The average molecular weight is 472 g/mol. The van der Waals surface area contributed by atoms with Crippen molar-refractivity contribution in [1.29, 1.82) is 0 Å². The summed E-state index contributed by atoms with van der Waals surface area (Å²) in [4.78, 5) is 12.4. The predicted octanol–water partition coefficient (Wildman–Crippen LogP) is 4.74. The highest BCUT2D eigenvalue weighted by Crippen LogP contribution is 2.32. The van der Waals surface area contributed by atoms with E-state index in [1.54, 1.807) is 19.2 Å². The third kappa shape index (κ3) is 4.09. The lowest BCUT2D eigenvalue weighted by atomic mass is 9.98. The summed E-state index contributed by atoms with van der Waals surface area (Å²) in [5.41, 5.74) is 9.06. The summed E-state index contributed by atoms with van der Waals surface area (Å²) in [6, 6.07) is 10.9. The zero-order valence-corrected chi connectivity index (χ0v) is 18.8. The number of nitrogens with two attached hydrogens (primary N) is 1. The Hall–Kier alpha value is -3.30. The summed E-state index contributed by atoms with van der Waals surface area (Å²) in [6.45, 7) is 3.66. The van der Waals surface area contributed by atoms with Gasteiger partial charge in [-0.3, -0.25) is 4.72 Å². The number of benzene rings is 2. The summed E-state index contributed by atoms with van der Waals surface area (Å²) in [5.74, 6) is -1.04. The molecule has 0 unspecified atom stereocenters. The Morgan fingerprint density at radius 3 is 2.62 bits per heavy atom. The first kappa shape index (κ1) is 21.9. The van der Waals surface area contributed by atoms with Gasteiger partial charge >= 0.3 is 0 Å². The van der Waals surface area contributed by atoms with Crippen LogP contribution in [0.1, 0.15) is 18.2 Å². The van der Waals surface area contributed by atoms with Gasteiger partial charge in [0.15, 0.2) is 11.6 Å². The van der Waals surface area contributed by atoms with E-state index >= 15 is 0 Å². The van der Waals surface area contributed by atoms with Gasteiger partial charge in [-0.25, -0.2) is 27.8 Å². The molecule has 0 aliphatic carbocycles. The smallest absolute Gasteiger partial charge is 0.264 e. The number of hydrogen-bond donors (Lipinski definition) is 2. The van der Waals surface area contributed by atoms with Gasteiger partial charge in [-0.2, -0.15) is 0 Å². The van der Waals surface area contributed by atoms with Crippen LogP contribution < -0.4 is 10.5 Å². The minimum atomic E-state index is -4.12. The van der Waals surface area contributed by atoms with Crippen LogP contribution in [-0.4, -0.2) is 23.4 Å². The second kappa shape index (κ2) is 8.33. The number of rotatable bonds is 5. The van der Waals surface area contributed by atoms with Gasteiger partial charge in [0.2, 0.25) is 5.95 Å². The van der Waals surface area contributed by atoms with E-state index in [9.17, 15) is 12.8 Å². The van der Waals surface area contributed by atoms with E-state index < -0.39 is 21.7 Å². The third-order valence-corrected chi connectivity index (χ3v) is 6.84. The molecule has 0 radical (unpaired) electrons. The quantitative estimate of drug-likeness (QED) is 0.435. The normalized spacial score (nSPS) is 11.6. The van der Waals surface area contributed by atoms with Crippen LogP contribution in [0.25, 0.3) is 22.0 Å². The van der Waals surface area contributed by atoms with Crippen molar-refractivity contribution in [2.45, 2.75) is 25.2 Å². The van der Waals surface area contributed by atoms with Crippen LogP contribution in [0.15, 0.2) is 53.6 Å². The lowest BCUT2D eigenvalue weighted by Crippen LogP contribution is -2.16. The molecule has 3 N–H and O–H groups in total. The molecule has 2 aromatic carbocycles. The fourth-order valence-corrected chi connectivity index (χ4v) is 4.98. The highest BCUT2D eigenvalue weighted by Gasteiger charge is 2.21. The molecule has 0 amide bonds. The van der Waals surface area contributed by atoms with Crippen molar-refractivity contribution in [2.75, 3.05) is 10.5 Å². The van der Waals surface area contributed by atoms with Gasteiger partial charge in [-0.1, -0.05) is 30.7 Å². The topological polar surface area (TPSA) is 111 Å². The molecule has 2 aromatic heterocycles. The predicted molar refractivity (Wildman–Crippen MR) is 124 cm³/mol. The Morgan fingerprint density at radius 2 is 1.91 bits per heavy atom. The van der Waals surface area contributed by atoms with Gasteiger partial charge in [0.25, 0.3) is 10.0 Å². The standard InChI is InChI=1S/C22H19ClFN5O2S/c1-3-13-8-14(9-15-11-26-22(25)28-20(13)15)16-10-18(24)21(27-12(16)2)29-32(30,31)19-7-5-4-6-17(19)23/h4-11H,3H2,1-2H3,(H,27,29)(H2,25,26,28). The van der Waals surface area contributed by atoms with E-state index in [1.807, 2.05) is 19.1 Å². The number of aryl methyl sites for hydroxylation is 2. The Labute approximate surface area is 189 Å². The average Bonchev–Trinajstić information content (AvgIpc) is 2.75. The van der Waals surface area contributed by atoms with Crippen molar-refractivity contribution in [3.63, 3.8) is 0 Å². The first-order valence-corrected chi connectivity index (χ1v) is 11.6. The fraction of sp³-hybridized carbons (Fsp3) is 0.136. The maximum Gasteiger partial charge on any atom is 0.264 e. The number of nitrogens with zero attached hydrogens (tertiary/aromatic N) is 3. The van der Waals surface area contributed by atoms with Crippen LogP contribution in [-0.2, 0) is 16.4 Å². The molecule has 164 valence electrons. The van der Waals surface area contributed by atoms with E-state index in [1.165, 1.54) is 24.3 Å². The van der Waals surface area contributed by atoms with E-state index in [-0.39, 0.29) is 15.9 Å². The lowest BCUT2D eigenvalue weighted by Gasteiger charge is -2.14. The molecule has 2 heterocycles. The van der Waals surface area contributed by atoms with Crippen LogP contribution in [0, 0.1) is 12.7 Å². The molecule has 10 heteroatoms. The molecule has 0 saturated heterocycles. The molecule has 7 nitrogen and oxygen atoms in total.